The lowest BCUT2D eigenvalue weighted by Gasteiger charge is -2.11. The summed E-state index contributed by atoms with van der Waals surface area (Å²) in [6.45, 7) is 2.49. The molecule has 2 rings (SSSR count). The second kappa shape index (κ2) is 6.70. The Morgan fingerprint density at radius 1 is 1.58 bits per heavy atom. The van der Waals surface area contributed by atoms with Gasteiger partial charge in [0.1, 0.15) is 0 Å². The van der Waals surface area contributed by atoms with Gasteiger partial charge >= 0.3 is 0 Å². The van der Waals surface area contributed by atoms with Gasteiger partial charge in [0, 0.05) is 6.20 Å². The summed E-state index contributed by atoms with van der Waals surface area (Å²) < 4.78 is 2.04. The minimum Gasteiger partial charge on any atom is -0.349 e. The van der Waals surface area contributed by atoms with Crippen molar-refractivity contribution in [2.24, 2.45) is 5.73 Å². The van der Waals surface area contributed by atoms with Crippen LogP contribution < -0.4 is 11.1 Å². The van der Waals surface area contributed by atoms with Crippen LogP contribution in [0.3, 0.4) is 0 Å². The van der Waals surface area contributed by atoms with Gasteiger partial charge in [-0.05, 0) is 25.3 Å². The Bertz CT molecular complexity index is 409. The number of carbonyl (C=O) groups excluding carboxylic acids is 1. The van der Waals surface area contributed by atoms with Gasteiger partial charge in [-0.25, -0.2) is 0 Å². The summed E-state index contributed by atoms with van der Waals surface area (Å²) in [4.78, 5) is 11.7. The van der Waals surface area contributed by atoms with Crippen LogP contribution in [0.2, 0.25) is 0 Å². The molecule has 0 aliphatic heterocycles. The number of rotatable bonds is 6. The zero-order valence-electron chi connectivity index (χ0n) is 11.6. The van der Waals surface area contributed by atoms with E-state index in [1.54, 1.807) is 0 Å². The van der Waals surface area contributed by atoms with E-state index in [9.17, 15) is 4.79 Å². The molecule has 106 valence electrons. The predicted molar refractivity (Wildman–Crippen MR) is 74.5 cm³/mol. The highest BCUT2D eigenvalue weighted by Crippen LogP contribution is 2.28. The van der Waals surface area contributed by atoms with Crippen molar-refractivity contribution in [1.29, 1.82) is 0 Å². The molecule has 0 spiro atoms. The third-order valence-corrected chi connectivity index (χ3v) is 3.74. The molecule has 1 atom stereocenters. The molecule has 1 saturated carbocycles. The van der Waals surface area contributed by atoms with Gasteiger partial charge in [-0.2, -0.15) is 5.10 Å². The number of amides is 1. The van der Waals surface area contributed by atoms with Crippen LogP contribution in [0.4, 0.5) is 0 Å². The lowest BCUT2D eigenvalue weighted by atomic mass is 10.2. The summed E-state index contributed by atoms with van der Waals surface area (Å²) in [5.74, 6) is -0.0859. The van der Waals surface area contributed by atoms with Crippen molar-refractivity contribution >= 4 is 5.91 Å². The van der Waals surface area contributed by atoms with E-state index in [-0.39, 0.29) is 5.91 Å². The molecule has 1 fully saturated rings. The summed E-state index contributed by atoms with van der Waals surface area (Å²) in [5.41, 5.74) is 6.67. The summed E-state index contributed by atoms with van der Waals surface area (Å²) in [6.07, 6.45) is 8.69. The van der Waals surface area contributed by atoms with E-state index in [1.807, 2.05) is 23.9 Å². The lowest BCUT2D eigenvalue weighted by Crippen LogP contribution is -2.40. The van der Waals surface area contributed by atoms with Crippen molar-refractivity contribution in [2.45, 2.75) is 64.1 Å². The molecular formula is C14H24N4O. The van der Waals surface area contributed by atoms with Crippen LogP contribution in [0.15, 0.2) is 12.3 Å². The van der Waals surface area contributed by atoms with E-state index in [4.69, 9.17) is 5.73 Å². The Hall–Kier alpha value is -1.36. The fourth-order valence-corrected chi connectivity index (χ4v) is 2.59. The lowest BCUT2D eigenvalue weighted by molar-refractivity contribution is -0.122. The Morgan fingerprint density at radius 2 is 2.32 bits per heavy atom. The van der Waals surface area contributed by atoms with Crippen LogP contribution in [-0.2, 0) is 11.3 Å². The molecule has 0 radical (unpaired) electrons. The normalized spacial score (nSPS) is 17.6. The van der Waals surface area contributed by atoms with Crippen LogP contribution in [0, 0.1) is 0 Å². The van der Waals surface area contributed by atoms with Crippen LogP contribution in [-0.4, -0.2) is 21.7 Å². The molecule has 3 N–H and O–H groups in total. The van der Waals surface area contributed by atoms with E-state index in [1.165, 1.54) is 25.7 Å². The first-order chi connectivity index (χ1) is 9.20. The third-order valence-electron chi connectivity index (χ3n) is 3.74. The third kappa shape index (κ3) is 3.80. The first-order valence-corrected chi connectivity index (χ1v) is 7.28. The summed E-state index contributed by atoms with van der Waals surface area (Å²) >= 11 is 0. The zero-order valence-corrected chi connectivity index (χ0v) is 11.6. The first-order valence-electron chi connectivity index (χ1n) is 7.28. The van der Waals surface area contributed by atoms with Gasteiger partial charge in [-0.3, -0.25) is 9.48 Å². The predicted octanol–water partition coefficient (Wildman–Crippen LogP) is 1.74. The summed E-state index contributed by atoms with van der Waals surface area (Å²) in [5, 5.41) is 7.38. The minimum atomic E-state index is -0.401. The number of aromatic nitrogens is 2. The maximum atomic E-state index is 11.7. The second-order valence-corrected chi connectivity index (χ2v) is 5.34. The summed E-state index contributed by atoms with van der Waals surface area (Å²) in [6, 6.07) is 2.12. The average Bonchev–Trinajstić information content (AvgIpc) is 3.06. The number of hydrogen-bond donors (Lipinski definition) is 2. The highest BCUT2D eigenvalue weighted by atomic mass is 16.2. The first kappa shape index (κ1) is 14.1. The van der Waals surface area contributed by atoms with Crippen molar-refractivity contribution in [3.63, 3.8) is 0 Å². The van der Waals surface area contributed by atoms with E-state index in [0.717, 1.165) is 18.5 Å². The Balaban J connectivity index is 1.81. The maximum Gasteiger partial charge on any atom is 0.237 e. The fourth-order valence-electron chi connectivity index (χ4n) is 2.59. The maximum absolute atomic E-state index is 11.7. The molecule has 1 aromatic heterocycles. The van der Waals surface area contributed by atoms with Crippen molar-refractivity contribution in [3.8, 4) is 0 Å². The molecule has 1 unspecified atom stereocenters. The largest absolute Gasteiger partial charge is 0.349 e. The van der Waals surface area contributed by atoms with Crippen molar-refractivity contribution in [3.05, 3.63) is 18.0 Å². The molecule has 1 aromatic rings. The quantitative estimate of drug-likeness (QED) is 0.822. The fraction of sp³-hybridized carbons (Fsp3) is 0.714. The standard InChI is InChI=1S/C14H24N4O/c1-2-5-13(15)14(19)16-10-11-8-9-18(17-11)12-6-3-4-7-12/h8-9,12-13H,2-7,10,15H2,1H3,(H,16,19). The number of nitrogens with two attached hydrogens (primary N) is 1. The smallest absolute Gasteiger partial charge is 0.237 e. The minimum absolute atomic E-state index is 0.0859. The van der Waals surface area contributed by atoms with Gasteiger partial charge in [-0.1, -0.05) is 26.2 Å². The highest BCUT2D eigenvalue weighted by Gasteiger charge is 2.18. The van der Waals surface area contributed by atoms with E-state index < -0.39 is 6.04 Å². The van der Waals surface area contributed by atoms with Crippen molar-refractivity contribution in [1.82, 2.24) is 15.1 Å². The highest BCUT2D eigenvalue weighted by molar-refractivity contribution is 5.81. The molecule has 0 bridgehead atoms. The summed E-state index contributed by atoms with van der Waals surface area (Å²) in [7, 11) is 0. The number of carbonyl (C=O) groups is 1. The topological polar surface area (TPSA) is 72.9 Å². The Labute approximate surface area is 114 Å². The van der Waals surface area contributed by atoms with E-state index >= 15 is 0 Å². The molecule has 1 heterocycles. The number of hydrogen-bond acceptors (Lipinski definition) is 3. The molecule has 0 aromatic carbocycles. The van der Waals surface area contributed by atoms with Crippen LogP contribution in [0.5, 0.6) is 0 Å². The van der Waals surface area contributed by atoms with Crippen LogP contribution in [0.1, 0.15) is 57.2 Å². The molecule has 19 heavy (non-hydrogen) atoms. The van der Waals surface area contributed by atoms with Gasteiger partial charge in [0.15, 0.2) is 0 Å². The zero-order chi connectivity index (χ0) is 13.7. The van der Waals surface area contributed by atoms with Gasteiger partial charge in [0.05, 0.1) is 24.3 Å². The van der Waals surface area contributed by atoms with Crippen LogP contribution >= 0.6 is 0 Å². The van der Waals surface area contributed by atoms with Gasteiger partial charge in [0.25, 0.3) is 0 Å². The van der Waals surface area contributed by atoms with E-state index in [2.05, 4.69) is 10.4 Å². The molecule has 1 amide bonds. The van der Waals surface area contributed by atoms with Gasteiger partial charge in [-0.15, -0.1) is 0 Å². The van der Waals surface area contributed by atoms with Crippen LogP contribution in [0.25, 0.3) is 0 Å². The SMILES string of the molecule is CCCC(N)C(=O)NCc1ccn(C2CCCC2)n1. The monoisotopic (exact) mass is 264 g/mol. The molecule has 5 heteroatoms. The Morgan fingerprint density at radius 3 is 3.00 bits per heavy atom. The van der Waals surface area contributed by atoms with Crippen molar-refractivity contribution in [2.75, 3.05) is 0 Å². The number of nitrogens with one attached hydrogen (secondary N) is 1. The number of nitrogens with zero attached hydrogens (tertiary/aromatic N) is 2. The van der Waals surface area contributed by atoms with Gasteiger partial charge < -0.3 is 11.1 Å². The van der Waals surface area contributed by atoms with E-state index in [0.29, 0.717) is 12.6 Å². The molecule has 5 nitrogen and oxygen atoms in total. The Kier molecular flexibility index (Phi) is 4.96. The van der Waals surface area contributed by atoms with Gasteiger partial charge in [0.2, 0.25) is 5.91 Å². The molecule has 1 aliphatic rings. The average molecular weight is 264 g/mol. The molecule has 0 saturated heterocycles. The van der Waals surface area contributed by atoms with Crippen molar-refractivity contribution < 1.29 is 4.79 Å². The molecule has 1 aliphatic carbocycles. The second-order valence-electron chi connectivity index (χ2n) is 5.34. The molecular weight excluding hydrogens is 240 g/mol.